The minimum absolute atomic E-state index is 0. The second-order valence-electron chi connectivity index (χ2n) is 5.94. The molecule has 0 atom stereocenters. The fourth-order valence-corrected chi connectivity index (χ4v) is 2.42. The lowest BCUT2D eigenvalue weighted by molar-refractivity contribution is -0.127. The summed E-state index contributed by atoms with van der Waals surface area (Å²) in [6, 6.07) is 0. The van der Waals surface area contributed by atoms with Gasteiger partial charge in [-0.2, -0.15) is 0 Å². The number of halogens is 1. The van der Waals surface area contributed by atoms with Gasteiger partial charge in [0.2, 0.25) is 5.91 Å². The highest BCUT2D eigenvalue weighted by atomic mass is 127. The van der Waals surface area contributed by atoms with E-state index in [1.165, 1.54) is 4.90 Å². The minimum Gasteiger partial charge on any atom is -0.353 e. The molecule has 1 rings (SSSR count). The molecule has 1 aromatic heterocycles. The van der Waals surface area contributed by atoms with Crippen molar-refractivity contribution in [1.29, 1.82) is 0 Å². The molecular formula is C16H28IN5OS. The summed E-state index contributed by atoms with van der Waals surface area (Å²) in [5, 5.41) is 9.45. The standard InChI is InChI=1S/C16H27N5OS.HI/c1-11(2)7-17-16(19-9-15(22)21(5)6)18-8-14-20-13(10-23-14)12(3)4;/h10,12H,1,7-9H2,2-6H3,(H2,17,18,19);1H. The molecule has 1 amide bonds. The summed E-state index contributed by atoms with van der Waals surface area (Å²) in [7, 11) is 3.44. The van der Waals surface area contributed by atoms with Gasteiger partial charge in [-0.25, -0.2) is 9.98 Å². The average molecular weight is 465 g/mol. The summed E-state index contributed by atoms with van der Waals surface area (Å²) in [6.45, 7) is 11.3. The largest absolute Gasteiger partial charge is 0.353 e. The molecule has 0 bridgehead atoms. The smallest absolute Gasteiger partial charge is 0.243 e. The Hall–Kier alpha value is -1.16. The predicted molar refractivity (Wildman–Crippen MR) is 112 cm³/mol. The maximum atomic E-state index is 11.7. The molecule has 0 aliphatic carbocycles. The van der Waals surface area contributed by atoms with Crippen LogP contribution in [0.25, 0.3) is 0 Å². The lowest BCUT2D eigenvalue weighted by Crippen LogP contribution is -2.38. The summed E-state index contributed by atoms with van der Waals surface area (Å²) < 4.78 is 0. The van der Waals surface area contributed by atoms with Crippen molar-refractivity contribution >= 4 is 47.2 Å². The average Bonchev–Trinajstić information content (AvgIpc) is 2.94. The number of hydrogen-bond donors (Lipinski definition) is 2. The highest BCUT2D eigenvalue weighted by Gasteiger charge is 2.08. The zero-order chi connectivity index (χ0) is 17.4. The molecule has 136 valence electrons. The molecule has 0 aromatic carbocycles. The lowest BCUT2D eigenvalue weighted by Gasteiger charge is -2.13. The number of aliphatic imine (C=N–C) groups is 1. The molecule has 1 aromatic rings. The van der Waals surface area contributed by atoms with Crippen LogP contribution in [-0.2, 0) is 11.3 Å². The second-order valence-corrected chi connectivity index (χ2v) is 6.88. The first-order chi connectivity index (χ1) is 10.8. The van der Waals surface area contributed by atoms with Crippen molar-refractivity contribution in [3.63, 3.8) is 0 Å². The van der Waals surface area contributed by atoms with Crippen LogP contribution in [0.4, 0.5) is 0 Å². The Labute approximate surface area is 165 Å². The molecule has 0 saturated carbocycles. The Morgan fingerprint density at radius 3 is 2.58 bits per heavy atom. The van der Waals surface area contributed by atoms with E-state index in [1.807, 2.05) is 6.92 Å². The third-order valence-electron chi connectivity index (χ3n) is 3.00. The number of carbonyl (C=O) groups is 1. The van der Waals surface area contributed by atoms with Crippen LogP contribution in [0, 0.1) is 0 Å². The van der Waals surface area contributed by atoms with Crippen LogP contribution in [0.2, 0.25) is 0 Å². The van der Waals surface area contributed by atoms with Gasteiger partial charge in [-0.1, -0.05) is 26.0 Å². The van der Waals surface area contributed by atoms with E-state index in [-0.39, 0.29) is 36.4 Å². The van der Waals surface area contributed by atoms with Crippen molar-refractivity contribution in [3.8, 4) is 0 Å². The van der Waals surface area contributed by atoms with E-state index in [4.69, 9.17) is 0 Å². The van der Waals surface area contributed by atoms with Gasteiger partial charge in [-0.15, -0.1) is 35.3 Å². The topological polar surface area (TPSA) is 69.6 Å². The summed E-state index contributed by atoms with van der Waals surface area (Å²) in [6.07, 6.45) is 0. The van der Waals surface area contributed by atoms with Crippen molar-refractivity contribution in [1.82, 2.24) is 20.5 Å². The second kappa shape index (κ2) is 11.4. The number of thiazole rings is 1. The van der Waals surface area contributed by atoms with E-state index in [2.05, 4.69) is 46.4 Å². The van der Waals surface area contributed by atoms with Gasteiger partial charge in [0.1, 0.15) is 11.6 Å². The number of nitrogens with zero attached hydrogens (tertiary/aromatic N) is 3. The SMILES string of the molecule is C=C(C)CNC(=NCC(=O)N(C)C)NCc1nc(C(C)C)cs1.I. The van der Waals surface area contributed by atoms with Gasteiger partial charge in [0.25, 0.3) is 0 Å². The fourth-order valence-electron chi connectivity index (χ4n) is 1.53. The summed E-state index contributed by atoms with van der Waals surface area (Å²) >= 11 is 1.62. The van der Waals surface area contributed by atoms with Gasteiger partial charge in [0.05, 0.1) is 12.2 Å². The quantitative estimate of drug-likeness (QED) is 0.281. The van der Waals surface area contributed by atoms with Crippen molar-refractivity contribution in [3.05, 3.63) is 28.2 Å². The highest BCUT2D eigenvalue weighted by Crippen LogP contribution is 2.17. The monoisotopic (exact) mass is 465 g/mol. The molecule has 0 unspecified atom stereocenters. The Balaban J connectivity index is 0.00000529. The van der Waals surface area contributed by atoms with Gasteiger partial charge < -0.3 is 15.5 Å². The summed E-state index contributed by atoms with van der Waals surface area (Å²) in [5.41, 5.74) is 2.10. The molecule has 0 aliphatic heterocycles. The number of rotatable bonds is 7. The van der Waals surface area contributed by atoms with Gasteiger partial charge >= 0.3 is 0 Å². The summed E-state index contributed by atoms with van der Waals surface area (Å²) in [5.74, 6) is 0.967. The summed E-state index contributed by atoms with van der Waals surface area (Å²) in [4.78, 5) is 22.1. The number of carbonyl (C=O) groups excluding carboxylic acids is 1. The van der Waals surface area contributed by atoms with Gasteiger partial charge in [0, 0.05) is 26.0 Å². The zero-order valence-electron chi connectivity index (χ0n) is 15.0. The lowest BCUT2D eigenvalue weighted by atomic mass is 10.2. The number of nitrogens with one attached hydrogen (secondary N) is 2. The number of guanidine groups is 1. The Kier molecular flexibility index (Phi) is 10.9. The fraction of sp³-hybridized carbons (Fsp3) is 0.562. The van der Waals surface area contributed by atoms with Crippen LogP contribution < -0.4 is 10.6 Å². The van der Waals surface area contributed by atoms with Crippen molar-refractivity contribution in [2.75, 3.05) is 27.2 Å². The van der Waals surface area contributed by atoms with E-state index in [9.17, 15) is 4.79 Å². The van der Waals surface area contributed by atoms with Gasteiger partial charge in [-0.05, 0) is 12.8 Å². The molecule has 0 fully saturated rings. The normalized spacial score (nSPS) is 11.0. The van der Waals surface area contributed by atoms with E-state index < -0.39 is 0 Å². The first kappa shape index (κ1) is 22.8. The first-order valence-electron chi connectivity index (χ1n) is 7.60. The maximum absolute atomic E-state index is 11.7. The maximum Gasteiger partial charge on any atom is 0.243 e. The third kappa shape index (κ3) is 8.62. The Morgan fingerprint density at radius 2 is 2.08 bits per heavy atom. The van der Waals surface area contributed by atoms with Crippen LogP contribution in [0.5, 0.6) is 0 Å². The zero-order valence-corrected chi connectivity index (χ0v) is 18.2. The van der Waals surface area contributed by atoms with Crippen molar-refractivity contribution < 1.29 is 4.79 Å². The molecule has 2 N–H and O–H groups in total. The van der Waals surface area contributed by atoms with Crippen LogP contribution >= 0.6 is 35.3 Å². The van der Waals surface area contributed by atoms with Crippen LogP contribution in [0.1, 0.15) is 37.4 Å². The predicted octanol–water partition coefficient (Wildman–Crippen LogP) is 2.58. The first-order valence-corrected chi connectivity index (χ1v) is 8.48. The highest BCUT2D eigenvalue weighted by molar-refractivity contribution is 14.0. The minimum atomic E-state index is -0.0437. The molecular weight excluding hydrogens is 437 g/mol. The third-order valence-corrected chi connectivity index (χ3v) is 3.86. The number of aromatic nitrogens is 1. The van der Waals surface area contributed by atoms with E-state index in [0.717, 1.165) is 16.3 Å². The molecule has 0 saturated heterocycles. The van der Waals surface area contributed by atoms with Crippen LogP contribution in [0.15, 0.2) is 22.5 Å². The molecule has 0 aliphatic rings. The molecule has 0 spiro atoms. The Bertz CT molecular complexity index is 569. The van der Waals surface area contributed by atoms with E-state index in [0.29, 0.717) is 25.0 Å². The molecule has 24 heavy (non-hydrogen) atoms. The van der Waals surface area contributed by atoms with Crippen LogP contribution in [-0.4, -0.2) is 48.9 Å². The van der Waals surface area contributed by atoms with Crippen molar-refractivity contribution in [2.24, 2.45) is 4.99 Å². The van der Waals surface area contributed by atoms with Gasteiger partial charge in [0.15, 0.2) is 5.96 Å². The Morgan fingerprint density at radius 1 is 1.42 bits per heavy atom. The molecule has 8 heteroatoms. The van der Waals surface area contributed by atoms with Gasteiger partial charge in [-0.3, -0.25) is 4.79 Å². The molecule has 6 nitrogen and oxygen atoms in total. The van der Waals surface area contributed by atoms with Crippen LogP contribution in [0.3, 0.4) is 0 Å². The van der Waals surface area contributed by atoms with E-state index in [1.54, 1.807) is 25.4 Å². The molecule has 1 heterocycles. The van der Waals surface area contributed by atoms with Crippen molar-refractivity contribution in [2.45, 2.75) is 33.2 Å². The van der Waals surface area contributed by atoms with E-state index >= 15 is 0 Å². The number of amides is 1. The molecule has 0 radical (unpaired) electrons. The number of likely N-dealkylation sites (N-methyl/N-ethyl adjacent to an activating group) is 1. The number of hydrogen-bond acceptors (Lipinski definition) is 4.